The first kappa shape index (κ1) is 15.7. The summed E-state index contributed by atoms with van der Waals surface area (Å²) in [6.07, 6.45) is 0. The van der Waals surface area contributed by atoms with Crippen LogP contribution in [0.5, 0.6) is 0 Å². The number of carbonyl (C=O) groups is 1. The highest BCUT2D eigenvalue weighted by Crippen LogP contribution is 2.30. The van der Waals surface area contributed by atoms with Gasteiger partial charge in [0.05, 0.1) is 11.4 Å². The summed E-state index contributed by atoms with van der Waals surface area (Å²) < 4.78 is 0. The van der Waals surface area contributed by atoms with E-state index in [4.69, 9.17) is 11.6 Å². The van der Waals surface area contributed by atoms with E-state index in [1.807, 2.05) is 24.3 Å². The molecule has 0 unspecified atom stereocenters. The maximum Gasteiger partial charge on any atom is 0.221 e. The molecule has 0 bridgehead atoms. The maximum absolute atomic E-state index is 11.4. The Morgan fingerprint density at radius 3 is 2.30 bits per heavy atom. The van der Waals surface area contributed by atoms with Gasteiger partial charge < -0.3 is 15.1 Å². The van der Waals surface area contributed by atoms with Crippen molar-refractivity contribution in [1.82, 2.24) is 0 Å². The number of amides is 1. The number of anilines is 3. The van der Waals surface area contributed by atoms with Crippen LogP contribution in [0.1, 0.15) is 6.92 Å². The minimum atomic E-state index is -0.0866. The van der Waals surface area contributed by atoms with Crippen molar-refractivity contribution >= 4 is 34.6 Å². The van der Waals surface area contributed by atoms with Gasteiger partial charge in [0.15, 0.2) is 0 Å². The van der Waals surface area contributed by atoms with Crippen LogP contribution in [0.15, 0.2) is 48.5 Å². The number of hydrogen-bond acceptors (Lipinski definition) is 3. The topological polar surface area (TPSA) is 35.6 Å². The van der Waals surface area contributed by atoms with Gasteiger partial charge in [-0.05, 0) is 30.3 Å². The number of piperazine rings is 1. The van der Waals surface area contributed by atoms with E-state index in [0.717, 1.165) is 37.6 Å². The lowest BCUT2D eigenvalue weighted by molar-refractivity contribution is -0.114. The van der Waals surface area contributed by atoms with E-state index in [9.17, 15) is 4.79 Å². The third kappa shape index (κ3) is 3.77. The Morgan fingerprint density at radius 2 is 1.65 bits per heavy atom. The number of halogens is 1. The van der Waals surface area contributed by atoms with E-state index < -0.39 is 0 Å². The molecule has 0 radical (unpaired) electrons. The van der Waals surface area contributed by atoms with Crippen molar-refractivity contribution in [3.63, 3.8) is 0 Å². The van der Waals surface area contributed by atoms with E-state index in [1.54, 1.807) is 0 Å². The highest BCUT2D eigenvalue weighted by atomic mass is 35.5. The number of para-hydroxylation sites is 1. The zero-order valence-electron chi connectivity index (χ0n) is 13.1. The second-order valence-electron chi connectivity index (χ2n) is 5.65. The fourth-order valence-electron chi connectivity index (χ4n) is 2.92. The molecule has 1 aliphatic rings. The quantitative estimate of drug-likeness (QED) is 0.934. The Balaban J connectivity index is 1.74. The summed E-state index contributed by atoms with van der Waals surface area (Å²) in [5.41, 5.74) is 3.06. The molecule has 1 saturated heterocycles. The molecule has 1 aliphatic heterocycles. The minimum absolute atomic E-state index is 0.0866. The highest BCUT2D eigenvalue weighted by molar-refractivity contribution is 6.31. The van der Waals surface area contributed by atoms with Crippen LogP contribution >= 0.6 is 11.6 Å². The van der Waals surface area contributed by atoms with Crippen LogP contribution in [0.25, 0.3) is 0 Å². The lowest BCUT2D eigenvalue weighted by Crippen LogP contribution is -2.46. The Hall–Kier alpha value is -2.20. The molecule has 4 nitrogen and oxygen atoms in total. The minimum Gasteiger partial charge on any atom is -0.368 e. The molecule has 0 atom stereocenters. The molecule has 1 heterocycles. The predicted molar refractivity (Wildman–Crippen MR) is 96.6 cm³/mol. The molecular formula is C18H20ClN3O. The van der Waals surface area contributed by atoms with Gasteiger partial charge in [-0.3, -0.25) is 4.79 Å². The van der Waals surface area contributed by atoms with Crippen molar-refractivity contribution in [3.05, 3.63) is 53.6 Å². The first-order chi connectivity index (χ1) is 11.1. The van der Waals surface area contributed by atoms with Gasteiger partial charge in [-0.15, -0.1) is 0 Å². The lowest BCUT2D eigenvalue weighted by Gasteiger charge is -2.38. The van der Waals surface area contributed by atoms with Crippen LogP contribution in [0.4, 0.5) is 17.1 Å². The number of nitrogens with one attached hydrogen (secondary N) is 1. The van der Waals surface area contributed by atoms with E-state index in [-0.39, 0.29) is 5.91 Å². The van der Waals surface area contributed by atoms with Crippen molar-refractivity contribution in [2.24, 2.45) is 0 Å². The van der Waals surface area contributed by atoms with Crippen LogP contribution in [-0.4, -0.2) is 32.1 Å². The summed E-state index contributed by atoms with van der Waals surface area (Å²) in [4.78, 5) is 16.1. The molecule has 2 aromatic carbocycles. The summed E-state index contributed by atoms with van der Waals surface area (Å²) in [7, 11) is 0. The van der Waals surface area contributed by atoms with Gasteiger partial charge in [0.25, 0.3) is 0 Å². The van der Waals surface area contributed by atoms with Gasteiger partial charge in [-0.25, -0.2) is 0 Å². The van der Waals surface area contributed by atoms with Crippen LogP contribution in [0.2, 0.25) is 5.02 Å². The van der Waals surface area contributed by atoms with Crippen LogP contribution in [0.3, 0.4) is 0 Å². The highest BCUT2D eigenvalue weighted by Gasteiger charge is 2.20. The number of rotatable bonds is 3. The van der Waals surface area contributed by atoms with Crippen LogP contribution < -0.4 is 15.1 Å². The Bertz CT molecular complexity index is 682. The summed E-state index contributed by atoms with van der Waals surface area (Å²) >= 11 is 6.06. The molecule has 23 heavy (non-hydrogen) atoms. The number of benzene rings is 2. The summed E-state index contributed by atoms with van der Waals surface area (Å²) in [5, 5.41) is 3.50. The summed E-state index contributed by atoms with van der Waals surface area (Å²) in [5.74, 6) is -0.0866. The van der Waals surface area contributed by atoms with Gasteiger partial charge in [0.2, 0.25) is 5.91 Å². The second-order valence-corrected chi connectivity index (χ2v) is 6.09. The average molecular weight is 330 g/mol. The standard InChI is InChI=1S/C18H20ClN3O/c1-14(23)20-17-13-15(19)7-8-18(17)22-11-9-21(10-12-22)16-5-3-2-4-6-16/h2-8,13H,9-12H2,1H3,(H,20,23). The van der Waals surface area contributed by atoms with Gasteiger partial charge in [-0.2, -0.15) is 0 Å². The Morgan fingerprint density at radius 1 is 1.00 bits per heavy atom. The van der Waals surface area contributed by atoms with Crippen molar-refractivity contribution in [2.45, 2.75) is 6.92 Å². The van der Waals surface area contributed by atoms with Gasteiger partial charge in [0.1, 0.15) is 0 Å². The van der Waals surface area contributed by atoms with Crippen LogP contribution in [0, 0.1) is 0 Å². The first-order valence-corrected chi connectivity index (χ1v) is 8.13. The zero-order valence-corrected chi connectivity index (χ0v) is 13.9. The van der Waals surface area contributed by atoms with E-state index in [2.05, 4.69) is 39.4 Å². The number of carbonyl (C=O) groups excluding carboxylic acids is 1. The van der Waals surface area contributed by atoms with Crippen molar-refractivity contribution in [1.29, 1.82) is 0 Å². The second kappa shape index (κ2) is 6.92. The Labute approximate surface area is 141 Å². The molecule has 1 fully saturated rings. The molecular weight excluding hydrogens is 310 g/mol. The maximum atomic E-state index is 11.4. The van der Waals surface area contributed by atoms with E-state index >= 15 is 0 Å². The fraction of sp³-hybridized carbons (Fsp3) is 0.278. The summed E-state index contributed by atoms with van der Waals surface area (Å²) in [6.45, 7) is 5.22. The van der Waals surface area contributed by atoms with Gasteiger partial charge in [0, 0.05) is 43.8 Å². The van der Waals surface area contributed by atoms with Crippen molar-refractivity contribution in [3.8, 4) is 0 Å². The SMILES string of the molecule is CC(=O)Nc1cc(Cl)ccc1N1CCN(c2ccccc2)CC1. The normalized spacial score (nSPS) is 14.7. The molecule has 120 valence electrons. The monoisotopic (exact) mass is 329 g/mol. The molecule has 0 saturated carbocycles. The van der Waals surface area contributed by atoms with Crippen molar-refractivity contribution < 1.29 is 4.79 Å². The molecule has 1 amide bonds. The Kier molecular flexibility index (Phi) is 4.72. The molecule has 5 heteroatoms. The molecule has 0 spiro atoms. The lowest BCUT2D eigenvalue weighted by atomic mass is 10.2. The smallest absolute Gasteiger partial charge is 0.221 e. The van der Waals surface area contributed by atoms with Crippen molar-refractivity contribution in [2.75, 3.05) is 41.3 Å². The van der Waals surface area contributed by atoms with Gasteiger partial charge in [-0.1, -0.05) is 29.8 Å². The fourth-order valence-corrected chi connectivity index (χ4v) is 3.09. The van der Waals surface area contributed by atoms with Gasteiger partial charge >= 0.3 is 0 Å². The molecule has 0 aliphatic carbocycles. The van der Waals surface area contributed by atoms with E-state index in [0.29, 0.717) is 5.02 Å². The first-order valence-electron chi connectivity index (χ1n) is 7.75. The van der Waals surface area contributed by atoms with Crippen LogP contribution in [-0.2, 0) is 4.79 Å². The molecule has 0 aromatic heterocycles. The average Bonchev–Trinajstić information content (AvgIpc) is 2.56. The third-order valence-electron chi connectivity index (χ3n) is 4.01. The number of hydrogen-bond donors (Lipinski definition) is 1. The van der Waals surface area contributed by atoms with E-state index in [1.165, 1.54) is 12.6 Å². The number of nitrogens with zero attached hydrogens (tertiary/aromatic N) is 2. The largest absolute Gasteiger partial charge is 0.368 e. The third-order valence-corrected chi connectivity index (χ3v) is 4.25. The predicted octanol–water partition coefficient (Wildman–Crippen LogP) is 3.63. The molecule has 2 aromatic rings. The molecule has 3 rings (SSSR count). The molecule has 1 N–H and O–H groups in total. The summed E-state index contributed by atoms with van der Waals surface area (Å²) in [6, 6.07) is 16.1. The zero-order chi connectivity index (χ0) is 16.2.